The van der Waals surface area contributed by atoms with E-state index in [0.29, 0.717) is 46.5 Å². The molecule has 4 rings (SSSR count). The number of nitrogens with one attached hydrogen (secondary N) is 4. The first-order valence-corrected chi connectivity index (χ1v) is 13.1. The third-order valence-corrected chi connectivity index (χ3v) is 6.41. The van der Waals surface area contributed by atoms with Gasteiger partial charge >= 0.3 is 6.09 Å². The van der Waals surface area contributed by atoms with Crippen LogP contribution in [-0.2, 0) is 9.53 Å². The number of alkyl carbamates (subject to hydrolysis) is 1. The standard InChI is InChI=1S/C30H30ClN5O4/c1-19-18-21(33-30(39)40-2)12-9-16-24-27(31)36-28(34-24)25(15-4-3-5-17-26(37)32-19)35-29(38)23-14-8-11-20-10-6-7-13-22(20)23/h3-4,6-14,16,18,25H,5,15,17H2,1-2H3,(H,32,37)(H,33,39)(H,34,36)(H,35,38)/b4-3+,16-9+,19-18+,21-12+/t25-/m0/s1. The second kappa shape index (κ2) is 13.4. The summed E-state index contributed by atoms with van der Waals surface area (Å²) in [6.07, 6.45) is 10.9. The Morgan fingerprint density at radius 3 is 2.75 bits per heavy atom. The number of hydrogen-bond donors (Lipinski definition) is 4. The van der Waals surface area contributed by atoms with Gasteiger partial charge in [-0.1, -0.05) is 66.2 Å². The monoisotopic (exact) mass is 559 g/mol. The van der Waals surface area contributed by atoms with Crippen LogP contribution >= 0.6 is 11.6 Å². The van der Waals surface area contributed by atoms with E-state index in [1.54, 1.807) is 37.3 Å². The van der Waals surface area contributed by atoms with Crippen LogP contribution in [0.15, 0.2) is 84.2 Å². The topological polar surface area (TPSA) is 125 Å². The molecule has 0 saturated carbocycles. The van der Waals surface area contributed by atoms with Gasteiger partial charge in [-0.3, -0.25) is 14.9 Å². The van der Waals surface area contributed by atoms with Crippen molar-refractivity contribution in [2.75, 3.05) is 7.11 Å². The molecule has 9 nitrogen and oxygen atoms in total. The van der Waals surface area contributed by atoms with E-state index in [1.807, 2.05) is 48.6 Å². The molecule has 4 N–H and O–H groups in total. The minimum absolute atomic E-state index is 0.168. The molecule has 1 aromatic heterocycles. The number of imidazole rings is 1. The molecular formula is C30H30ClN5O4. The molecule has 1 aliphatic rings. The number of benzene rings is 2. The van der Waals surface area contributed by atoms with E-state index in [1.165, 1.54) is 7.11 Å². The maximum atomic E-state index is 13.4. The first kappa shape index (κ1) is 28.4. The molecule has 0 unspecified atom stereocenters. The Morgan fingerprint density at radius 1 is 1.12 bits per heavy atom. The molecule has 1 aliphatic heterocycles. The minimum Gasteiger partial charge on any atom is -0.453 e. The third-order valence-electron chi connectivity index (χ3n) is 6.12. The van der Waals surface area contributed by atoms with E-state index in [2.05, 4.69) is 25.9 Å². The highest BCUT2D eigenvalue weighted by Gasteiger charge is 2.20. The Kier molecular flexibility index (Phi) is 9.53. The van der Waals surface area contributed by atoms with Gasteiger partial charge in [-0.25, -0.2) is 9.78 Å². The van der Waals surface area contributed by atoms with Crippen molar-refractivity contribution < 1.29 is 19.1 Å². The lowest BCUT2D eigenvalue weighted by Gasteiger charge is -2.16. The maximum absolute atomic E-state index is 13.4. The Labute approximate surface area is 237 Å². The summed E-state index contributed by atoms with van der Waals surface area (Å²) in [5, 5.41) is 10.6. The van der Waals surface area contributed by atoms with Crippen LogP contribution < -0.4 is 16.0 Å². The first-order valence-electron chi connectivity index (χ1n) is 12.7. The summed E-state index contributed by atoms with van der Waals surface area (Å²) in [5.74, 6) is 0.0733. The summed E-state index contributed by atoms with van der Waals surface area (Å²) in [7, 11) is 1.26. The van der Waals surface area contributed by atoms with Gasteiger partial charge in [-0.05, 0) is 54.8 Å². The van der Waals surface area contributed by atoms with E-state index in [-0.39, 0.29) is 18.2 Å². The van der Waals surface area contributed by atoms with Crippen LogP contribution in [0.25, 0.3) is 16.8 Å². The Balaban J connectivity index is 1.66. The van der Waals surface area contributed by atoms with Crippen LogP contribution in [0.4, 0.5) is 4.79 Å². The van der Waals surface area contributed by atoms with Crippen LogP contribution in [0.3, 0.4) is 0 Å². The van der Waals surface area contributed by atoms with Crippen LogP contribution in [0.5, 0.6) is 0 Å². The van der Waals surface area contributed by atoms with Crippen molar-refractivity contribution in [3.05, 3.63) is 106 Å². The van der Waals surface area contributed by atoms with E-state index in [0.717, 1.165) is 10.8 Å². The van der Waals surface area contributed by atoms with Gasteiger partial charge < -0.3 is 20.4 Å². The number of amides is 3. The number of carbonyl (C=O) groups is 3. The van der Waals surface area contributed by atoms with Gasteiger partial charge in [0.25, 0.3) is 5.91 Å². The summed E-state index contributed by atoms with van der Waals surface area (Å²) in [6.45, 7) is 1.72. The molecule has 10 heteroatoms. The molecule has 0 spiro atoms. The lowest BCUT2D eigenvalue weighted by molar-refractivity contribution is -0.120. The molecule has 206 valence electrons. The van der Waals surface area contributed by atoms with Gasteiger partial charge in [0.2, 0.25) is 5.91 Å². The number of H-pyrrole nitrogens is 1. The number of carbonyl (C=O) groups excluding carboxylic acids is 3. The zero-order valence-electron chi connectivity index (χ0n) is 22.2. The van der Waals surface area contributed by atoms with E-state index >= 15 is 0 Å². The fourth-order valence-electron chi connectivity index (χ4n) is 4.21. The van der Waals surface area contributed by atoms with Crippen LogP contribution in [0.1, 0.15) is 54.1 Å². The molecule has 1 atom stereocenters. The van der Waals surface area contributed by atoms with Crippen LogP contribution in [-0.4, -0.2) is 35.0 Å². The normalized spacial score (nSPS) is 20.6. The van der Waals surface area contributed by atoms with Crippen molar-refractivity contribution >= 4 is 46.4 Å². The van der Waals surface area contributed by atoms with E-state index < -0.39 is 12.1 Å². The molecule has 2 aromatic carbocycles. The number of halogens is 1. The number of methoxy groups -OCH3 is 1. The largest absolute Gasteiger partial charge is 0.453 e. The van der Waals surface area contributed by atoms with Crippen molar-refractivity contribution in [1.82, 2.24) is 25.9 Å². The minimum atomic E-state index is -0.657. The first-order chi connectivity index (χ1) is 19.3. The number of aromatic amines is 1. The molecule has 2 bridgehead atoms. The van der Waals surface area contributed by atoms with Gasteiger partial charge in [0.1, 0.15) is 16.7 Å². The number of hydrogen-bond acceptors (Lipinski definition) is 5. The second-order valence-corrected chi connectivity index (χ2v) is 9.47. The van der Waals surface area contributed by atoms with Gasteiger partial charge in [0, 0.05) is 23.4 Å². The van der Waals surface area contributed by atoms with E-state index in [4.69, 9.17) is 16.3 Å². The Hall–Kier alpha value is -4.63. The summed E-state index contributed by atoms with van der Waals surface area (Å²) in [4.78, 5) is 45.3. The summed E-state index contributed by atoms with van der Waals surface area (Å²) < 4.78 is 4.69. The van der Waals surface area contributed by atoms with Crippen molar-refractivity contribution in [2.24, 2.45) is 0 Å². The summed E-state index contributed by atoms with van der Waals surface area (Å²) in [5.41, 5.74) is 1.94. The number of fused-ring (bicyclic) bond motifs is 3. The molecule has 3 aromatic rings. The molecule has 0 saturated heterocycles. The lowest BCUT2D eigenvalue weighted by Crippen LogP contribution is -2.29. The zero-order chi connectivity index (χ0) is 28.5. The second-order valence-electron chi connectivity index (χ2n) is 9.09. The highest BCUT2D eigenvalue weighted by Crippen LogP contribution is 2.24. The smallest absolute Gasteiger partial charge is 0.411 e. The average Bonchev–Trinajstić information content (AvgIpc) is 3.31. The van der Waals surface area contributed by atoms with Crippen molar-refractivity contribution in [2.45, 2.75) is 32.2 Å². The van der Waals surface area contributed by atoms with Gasteiger partial charge in [-0.15, -0.1) is 0 Å². The number of aromatic nitrogens is 2. The molecule has 0 radical (unpaired) electrons. The SMILES string of the molecule is COC(=O)NC1=C/C=C/c2nc([nH]c2Cl)[C@@H](NC(=O)c2cccc3ccccc23)C/C=C/CCC(=O)N\C(C)=C\1. The lowest BCUT2D eigenvalue weighted by atomic mass is 10.0. The quantitative estimate of drug-likeness (QED) is 0.306. The molecule has 0 aliphatic carbocycles. The molecule has 40 heavy (non-hydrogen) atoms. The zero-order valence-corrected chi connectivity index (χ0v) is 22.9. The van der Waals surface area contributed by atoms with Crippen LogP contribution in [0.2, 0.25) is 5.15 Å². The number of rotatable bonds is 3. The van der Waals surface area contributed by atoms with Crippen molar-refractivity contribution in [1.29, 1.82) is 0 Å². The highest BCUT2D eigenvalue weighted by molar-refractivity contribution is 6.30. The Morgan fingerprint density at radius 2 is 1.93 bits per heavy atom. The van der Waals surface area contributed by atoms with Gasteiger partial charge in [0.05, 0.1) is 13.2 Å². The molecule has 0 fully saturated rings. The summed E-state index contributed by atoms with van der Waals surface area (Å²) >= 11 is 6.47. The maximum Gasteiger partial charge on any atom is 0.411 e. The third kappa shape index (κ3) is 7.48. The van der Waals surface area contributed by atoms with Gasteiger partial charge in [0.15, 0.2) is 0 Å². The Bertz CT molecular complexity index is 1530. The van der Waals surface area contributed by atoms with Crippen molar-refractivity contribution in [3.8, 4) is 0 Å². The highest BCUT2D eigenvalue weighted by atomic mass is 35.5. The van der Waals surface area contributed by atoms with Crippen molar-refractivity contribution in [3.63, 3.8) is 0 Å². The number of allylic oxidation sites excluding steroid dienone is 5. The fourth-order valence-corrected chi connectivity index (χ4v) is 4.41. The number of nitrogens with zero attached hydrogens (tertiary/aromatic N) is 1. The average molecular weight is 560 g/mol. The molecule has 3 amide bonds. The van der Waals surface area contributed by atoms with Crippen LogP contribution in [0, 0.1) is 0 Å². The van der Waals surface area contributed by atoms with Gasteiger partial charge in [-0.2, -0.15) is 0 Å². The predicted molar refractivity (Wildman–Crippen MR) is 155 cm³/mol. The fraction of sp³-hybridized carbons (Fsp3) is 0.200. The van der Waals surface area contributed by atoms with E-state index in [9.17, 15) is 14.4 Å². The molecule has 2 heterocycles. The molecular weight excluding hydrogens is 530 g/mol. The summed E-state index contributed by atoms with van der Waals surface area (Å²) in [6, 6.07) is 12.8. The number of ether oxygens (including phenoxy) is 1. The predicted octanol–water partition coefficient (Wildman–Crippen LogP) is 5.70.